The van der Waals surface area contributed by atoms with Gasteiger partial charge in [0.1, 0.15) is 6.29 Å². The lowest BCUT2D eigenvalue weighted by Crippen LogP contribution is -2.21. The molecule has 0 aliphatic heterocycles. The van der Waals surface area contributed by atoms with Crippen molar-refractivity contribution in [2.24, 2.45) is 0 Å². The summed E-state index contributed by atoms with van der Waals surface area (Å²) < 4.78 is 5.08. The fourth-order valence-corrected chi connectivity index (χ4v) is 2.09. The SMILES string of the molecule is C=C/C(=C\C=C(/C)OC)CN(C)Cc1cc([N+](=O)[O-])ccc1C=O.CC. The summed E-state index contributed by atoms with van der Waals surface area (Å²) in [5.41, 5.74) is 2.01. The maximum atomic E-state index is 11.1. The first kappa shape index (κ1) is 23.3. The third-order valence-corrected chi connectivity index (χ3v) is 3.47. The molecular formula is C20H28N2O4. The zero-order chi connectivity index (χ0) is 20.1. The van der Waals surface area contributed by atoms with Gasteiger partial charge in [-0.2, -0.15) is 0 Å². The molecule has 0 N–H and O–H groups in total. The number of hydrogen-bond donors (Lipinski definition) is 0. The van der Waals surface area contributed by atoms with E-state index in [0.29, 0.717) is 30.5 Å². The molecule has 142 valence electrons. The Kier molecular flexibility index (Phi) is 11.3. The van der Waals surface area contributed by atoms with Gasteiger partial charge in [-0.25, -0.2) is 0 Å². The molecule has 6 nitrogen and oxygen atoms in total. The molecule has 0 saturated carbocycles. The van der Waals surface area contributed by atoms with E-state index >= 15 is 0 Å². The van der Waals surface area contributed by atoms with Crippen LogP contribution >= 0.6 is 0 Å². The third kappa shape index (κ3) is 7.90. The number of non-ortho nitro benzene ring substituents is 1. The van der Waals surface area contributed by atoms with Crippen LogP contribution in [-0.2, 0) is 11.3 Å². The Morgan fingerprint density at radius 1 is 1.35 bits per heavy atom. The van der Waals surface area contributed by atoms with Gasteiger partial charge in [-0.3, -0.25) is 19.8 Å². The molecule has 0 aromatic heterocycles. The first-order valence-electron chi connectivity index (χ1n) is 8.36. The lowest BCUT2D eigenvalue weighted by molar-refractivity contribution is -0.384. The van der Waals surface area contributed by atoms with Gasteiger partial charge in [0.15, 0.2) is 0 Å². The highest BCUT2D eigenvalue weighted by molar-refractivity contribution is 5.78. The Morgan fingerprint density at radius 2 is 2.00 bits per heavy atom. The number of allylic oxidation sites excluding steroid dienone is 3. The number of ether oxygens (including phenoxy) is 1. The number of rotatable bonds is 9. The number of nitro groups is 1. The van der Waals surface area contributed by atoms with Crippen LogP contribution in [0.2, 0.25) is 0 Å². The van der Waals surface area contributed by atoms with E-state index in [2.05, 4.69) is 6.58 Å². The molecule has 0 aliphatic rings. The van der Waals surface area contributed by atoms with Crippen molar-refractivity contribution in [1.29, 1.82) is 0 Å². The second-order valence-electron chi connectivity index (χ2n) is 5.36. The molecule has 0 aliphatic carbocycles. The van der Waals surface area contributed by atoms with E-state index in [1.54, 1.807) is 13.2 Å². The van der Waals surface area contributed by atoms with Crippen LogP contribution in [-0.4, -0.2) is 36.8 Å². The fraction of sp³-hybridized carbons (Fsp3) is 0.350. The molecular weight excluding hydrogens is 332 g/mol. The molecule has 0 fully saturated rings. The summed E-state index contributed by atoms with van der Waals surface area (Å²) in [5.74, 6) is 0.777. The van der Waals surface area contributed by atoms with Crippen molar-refractivity contribution in [3.8, 4) is 0 Å². The maximum absolute atomic E-state index is 11.1. The molecule has 0 heterocycles. The Labute approximate surface area is 155 Å². The van der Waals surface area contributed by atoms with Crippen molar-refractivity contribution < 1.29 is 14.5 Å². The Balaban J connectivity index is 0.00000301. The quantitative estimate of drug-likeness (QED) is 0.213. The fourth-order valence-electron chi connectivity index (χ4n) is 2.09. The molecule has 1 aromatic rings. The minimum absolute atomic E-state index is 0.0258. The van der Waals surface area contributed by atoms with Crippen molar-refractivity contribution in [2.45, 2.75) is 27.3 Å². The molecule has 0 spiro atoms. The van der Waals surface area contributed by atoms with Crippen LogP contribution in [0.3, 0.4) is 0 Å². The summed E-state index contributed by atoms with van der Waals surface area (Å²) in [6.45, 7) is 10.6. The van der Waals surface area contributed by atoms with Gasteiger partial charge in [0, 0.05) is 30.8 Å². The highest BCUT2D eigenvalue weighted by atomic mass is 16.6. The predicted molar refractivity (Wildman–Crippen MR) is 105 cm³/mol. The van der Waals surface area contributed by atoms with Gasteiger partial charge < -0.3 is 4.74 Å². The number of aldehydes is 1. The topological polar surface area (TPSA) is 72.7 Å². The van der Waals surface area contributed by atoms with Crippen LogP contribution in [0.25, 0.3) is 0 Å². The normalized spacial score (nSPS) is 11.5. The van der Waals surface area contributed by atoms with Crippen LogP contribution in [0.5, 0.6) is 0 Å². The zero-order valence-electron chi connectivity index (χ0n) is 16.2. The second kappa shape index (κ2) is 12.6. The van der Waals surface area contributed by atoms with Crippen LogP contribution in [0, 0.1) is 10.1 Å². The minimum Gasteiger partial charge on any atom is -0.501 e. The average Bonchev–Trinajstić information content (AvgIpc) is 2.66. The van der Waals surface area contributed by atoms with Crippen LogP contribution in [0.15, 0.2) is 54.3 Å². The van der Waals surface area contributed by atoms with Crippen molar-refractivity contribution in [3.63, 3.8) is 0 Å². The van der Waals surface area contributed by atoms with E-state index in [0.717, 1.165) is 11.3 Å². The van der Waals surface area contributed by atoms with E-state index in [9.17, 15) is 14.9 Å². The number of nitrogens with zero attached hydrogens (tertiary/aromatic N) is 2. The van der Waals surface area contributed by atoms with Crippen molar-refractivity contribution in [1.82, 2.24) is 4.90 Å². The summed E-state index contributed by atoms with van der Waals surface area (Å²) in [7, 11) is 3.47. The Bertz CT molecular complexity index is 678. The monoisotopic (exact) mass is 360 g/mol. The smallest absolute Gasteiger partial charge is 0.269 e. The van der Waals surface area contributed by atoms with E-state index in [-0.39, 0.29) is 5.69 Å². The third-order valence-electron chi connectivity index (χ3n) is 3.47. The van der Waals surface area contributed by atoms with Gasteiger partial charge in [-0.1, -0.05) is 32.6 Å². The molecule has 0 amide bonds. The predicted octanol–water partition coefficient (Wildman–Crippen LogP) is 4.53. The van der Waals surface area contributed by atoms with Crippen molar-refractivity contribution in [2.75, 3.05) is 20.7 Å². The van der Waals surface area contributed by atoms with E-state index in [1.165, 1.54) is 18.2 Å². The highest BCUT2D eigenvalue weighted by Gasteiger charge is 2.12. The second-order valence-corrected chi connectivity index (χ2v) is 5.36. The summed E-state index contributed by atoms with van der Waals surface area (Å²) in [5, 5.41) is 10.9. The van der Waals surface area contributed by atoms with Gasteiger partial charge in [0.2, 0.25) is 0 Å². The number of likely N-dealkylation sites (N-methyl/N-ethyl adjacent to an activating group) is 1. The van der Waals surface area contributed by atoms with Gasteiger partial charge in [0.25, 0.3) is 5.69 Å². The highest BCUT2D eigenvalue weighted by Crippen LogP contribution is 2.18. The number of carbonyl (C=O) groups excluding carboxylic acids is 1. The zero-order valence-corrected chi connectivity index (χ0v) is 16.2. The van der Waals surface area contributed by atoms with Gasteiger partial charge in [-0.05, 0) is 37.3 Å². The minimum atomic E-state index is -0.467. The molecule has 1 rings (SSSR count). The van der Waals surface area contributed by atoms with Crippen molar-refractivity contribution in [3.05, 3.63) is 75.6 Å². The lowest BCUT2D eigenvalue weighted by Gasteiger charge is -2.18. The summed E-state index contributed by atoms with van der Waals surface area (Å²) in [6.07, 6.45) is 6.19. The van der Waals surface area contributed by atoms with Gasteiger partial charge in [-0.15, -0.1) is 0 Å². The first-order chi connectivity index (χ1) is 12.4. The van der Waals surface area contributed by atoms with Crippen molar-refractivity contribution >= 4 is 12.0 Å². The molecule has 0 radical (unpaired) electrons. The lowest BCUT2D eigenvalue weighted by atomic mass is 10.1. The van der Waals surface area contributed by atoms with E-state index in [1.807, 2.05) is 44.9 Å². The molecule has 6 heteroatoms. The summed E-state index contributed by atoms with van der Waals surface area (Å²) in [4.78, 5) is 23.5. The number of carbonyl (C=O) groups is 1. The van der Waals surface area contributed by atoms with E-state index < -0.39 is 4.92 Å². The van der Waals surface area contributed by atoms with Crippen LogP contribution < -0.4 is 0 Å². The average molecular weight is 360 g/mol. The standard InChI is InChI=1S/C18H22N2O4.C2H6/c1-5-15(7-6-14(2)24-4)11-19(3)12-17-10-18(20(22)23)9-8-16(17)13-21;1-2/h5-10,13H,1,11-12H2,2-4H3;1-2H3/b14-6+,15-7+;. The summed E-state index contributed by atoms with van der Waals surface area (Å²) >= 11 is 0. The number of methoxy groups -OCH3 is 1. The van der Waals surface area contributed by atoms with E-state index in [4.69, 9.17) is 4.74 Å². The summed E-state index contributed by atoms with van der Waals surface area (Å²) in [6, 6.07) is 4.25. The molecule has 26 heavy (non-hydrogen) atoms. The first-order valence-corrected chi connectivity index (χ1v) is 8.36. The Morgan fingerprint density at radius 3 is 2.50 bits per heavy atom. The maximum Gasteiger partial charge on any atom is 0.269 e. The molecule has 0 saturated heterocycles. The molecule has 0 unspecified atom stereocenters. The number of nitro benzene ring substituents is 1. The largest absolute Gasteiger partial charge is 0.501 e. The Hall–Kier alpha value is -2.73. The van der Waals surface area contributed by atoms with Gasteiger partial charge >= 0.3 is 0 Å². The number of hydrogen-bond acceptors (Lipinski definition) is 5. The molecule has 1 aromatic carbocycles. The van der Waals surface area contributed by atoms with Gasteiger partial charge in [0.05, 0.1) is 17.8 Å². The number of benzene rings is 1. The molecule has 0 bridgehead atoms. The van der Waals surface area contributed by atoms with Crippen LogP contribution in [0.1, 0.15) is 36.7 Å². The van der Waals surface area contributed by atoms with Crippen LogP contribution in [0.4, 0.5) is 5.69 Å². The molecule has 0 atom stereocenters.